The molecule has 0 aliphatic rings. The van der Waals surface area contributed by atoms with Crippen LogP contribution >= 0.6 is 0 Å². The number of para-hydroxylation sites is 1. The molecular formula is C12H10N2O3. The molecule has 0 spiro atoms. The second-order valence-corrected chi connectivity index (χ2v) is 3.28. The van der Waals surface area contributed by atoms with Crippen LogP contribution in [-0.4, -0.2) is 17.0 Å². The fraction of sp³-hybridized carbons (Fsp3) is 0.0833. The van der Waals surface area contributed by atoms with Gasteiger partial charge in [-0.25, -0.2) is 4.79 Å². The predicted octanol–water partition coefficient (Wildman–Crippen LogP) is 1.53. The number of hydrogen-bond donors (Lipinski definition) is 2. The highest BCUT2D eigenvalue weighted by Crippen LogP contribution is 2.13. The summed E-state index contributed by atoms with van der Waals surface area (Å²) in [7, 11) is 0. The van der Waals surface area contributed by atoms with Gasteiger partial charge in [0.05, 0.1) is 11.3 Å². The molecule has 0 fully saturated rings. The second kappa shape index (κ2) is 5.47. The van der Waals surface area contributed by atoms with Gasteiger partial charge in [-0.3, -0.25) is 4.79 Å². The van der Waals surface area contributed by atoms with Crippen molar-refractivity contribution in [1.82, 2.24) is 0 Å². The summed E-state index contributed by atoms with van der Waals surface area (Å²) in [4.78, 5) is 21.9. The van der Waals surface area contributed by atoms with E-state index < -0.39 is 11.9 Å². The van der Waals surface area contributed by atoms with Crippen LogP contribution in [0.1, 0.15) is 12.5 Å². The zero-order chi connectivity index (χ0) is 12.8. The zero-order valence-electron chi connectivity index (χ0n) is 9.10. The van der Waals surface area contributed by atoms with Crippen molar-refractivity contribution in [1.29, 1.82) is 5.26 Å². The van der Waals surface area contributed by atoms with Crippen molar-refractivity contribution < 1.29 is 14.7 Å². The average molecular weight is 230 g/mol. The third-order valence-electron chi connectivity index (χ3n) is 1.99. The minimum atomic E-state index is -1.16. The molecular weight excluding hydrogens is 220 g/mol. The van der Waals surface area contributed by atoms with Gasteiger partial charge in [0, 0.05) is 11.6 Å². The van der Waals surface area contributed by atoms with Crippen LogP contribution in [0.5, 0.6) is 0 Å². The lowest BCUT2D eigenvalue weighted by Crippen LogP contribution is -2.11. The lowest BCUT2D eigenvalue weighted by Gasteiger charge is -2.03. The smallest absolute Gasteiger partial charge is 0.331 e. The Labute approximate surface area is 98.0 Å². The quantitative estimate of drug-likeness (QED) is 0.770. The van der Waals surface area contributed by atoms with Crippen molar-refractivity contribution in [3.8, 4) is 6.07 Å². The van der Waals surface area contributed by atoms with Crippen molar-refractivity contribution >= 4 is 17.6 Å². The molecule has 1 rings (SSSR count). The van der Waals surface area contributed by atoms with Crippen molar-refractivity contribution in [2.45, 2.75) is 6.92 Å². The number of carboxylic acids is 1. The number of carbonyl (C=O) groups is 2. The van der Waals surface area contributed by atoms with Crippen molar-refractivity contribution in [3.05, 3.63) is 41.5 Å². The van der Waals surface area contributed by atoms with E-state index in [2.05, 4.69) is 5.32 Å². The first kappa shape index (κ1) is 12.5. The number of amides is 1. The Bertz CT molecular complexity index is 527. The molecule has 17 heavy (non-hydrogen) atoms. The van der Waals surface area contributed by atoms with Gasteiger partial charge in [-0.05, 0) is 19.1 Å². The minimum absolute atomic E-state index is 0.0723. The average Bonchev–Trinajstić information content (AvgIpc) is 2.29. The van der Waals surface area contributed by atoms with E-state index in [1.54, 1.807) is 24.3 Å². The van der Waals surface area contributed by atoms with Gasteiger partial charge >= 0.3 is 5.97 Å². The summed E-state index contributed by atoms with van der Waals surface area (Å²) in [5.41, 5.74) is 0.605. The number of nitrogens with zero attached hydrogens (tertiary/aromatic N) is 1. The highest BCUT2D eigenvalue weighted by atomic mass is 16.4. The molecule has 5 nitrogen and oxygen atoms in total. The van der Waals surface area contributed by atoms with Crippen LogP contribution in [0, 0.1) is 11.3 Å². The van der Waals surface area contributed by atoms with E-state index in [4.69, 9.17) is 10.4 Å². The summed E-state index contributed by atoms with van der Waals surface area (Å²) in [6.45, 7) is 1.32. The first-order valence-corrected chi connectivity index (χ1v) is 4.76. The van der Waals surface area contributed by atoms with Crippen LogP contribution in [0.3, 0.4) is 0 Å². The van der Waals surface area contributed by atoms with E-state index in [9.17, 15) is 9.59 Å². The highest BCUT2D eigenvalue weighted by Gasteiger charge is 2.06. The largest absolute Gasteiger partial charge is 0.478 e. The normalized spacial score (nSPS) is 10.5. The molecule has 0 aromatic heterocycles. The molecule has 2 N–H and O–H groups in total. The summed E-state index contributed by atoms with van der Waals surface area (Å²) < 4.78 is 0. The molecule has 0 bridgehead atoms. The number of benzene rings is 1. The summed E-state index contributed by atoms with van der Waals surface area (Å²) in [5, 5.41) is 19.8. The lowest BCUT2D eigenvalue weighted by atomic mass is 10.2. The maximum absolute atomic E-state index is 11.4. The summed E-state index contributed by atoms with van der Waals surface area (Å²) in [6.07, 6.45) is 0.969. The van der Waals surface area contributed by atoms with Crippen molar-refractivity contribution in [2.24, 2.45) is 0 Å². The first-order chi connectivity index (χ1) is 8.04. The van der Waals surface area contributed by atoms with Gasteiger partial charge in [-0.2, -0.15) is 5.26 Å². The molecule has 1 aromatic carbocycles. The zero-order valence-corrected chi connectivity index (χ0v) is 9.10. The molecule has 0 radical (unpaired) electrons. The van der Waals surface area contributed by atoms with Gasteiger partial charge in [0.1, 0.15) is 6.07 Å². The second-order valence-electron chi connectivity index (χ2n) is 3.28. The Morgan fingerprint density at radius 2 is 2.06 bits per heavy atom. The highest BCUT2D eigenvalue weighted by molar-refractivity contribution is 6.04. The van der Waals surface area contributed by atoms with Gasteiger partial charge in [0.2, 0.25) is 5.91 Å². The van der Waals surface area contributed by atoms with Crippen LogP contribution in [-0.2, 0) is 9.59 Å². The van der Waals surface area contributed by atoms with Gasteiger partial charge in [-0.1, -0.05) is 12.1 Å². The molecule has 1 aromatic rings. The first-order valence-electron chi connectivity index (χ1n) is 4.76. The number of nitriles is 1. The Hall–Kier alpha value is -2.61. The topological polar surface area (TPSA) is 90.2 Å². The molecule has 0 atom stereocenters. The molecule has 86 valence electrons. The van der Waals surface area contributed by atoms with Gasteiger partial charge in [0.25, 0.3) is 0 Å². The standard InChI is InChI=1S/C12H10N2O3/c1-8(12(16)17)6-11(15)14-10-5-3-2-4-9(10)7-13/h2-6H,1H3,(H,14,15)(H,16,17)/b8-6+. The lowest BCUT2D eigenvalue weighted by molar-refractivity contribution is -0.132. The van der Waals surface area contributed by atoms with Crippen LogP contribution in [0.25, 0.3) is 0 Å². The van der Waals surface area contributed by atoms with Gasteiger partial charge in [0.15, 0.2) is 0 Å². The third kappa shape index (κ3) is 3.47. The number of hydrogen-bond acceptors (Lipinski definition) is 3. The SMILES string of the molecule is C/C(=C\C(=O)Nc1ccccc1C#N)C(=O)O. The number of aliphatic carboxylic acids is 1. The fourth-order valence-electron chi connectivity index (χ4n) is 1.12. The predicted molar refractivity (Wildman–Crippen MR) is 61.2 cm³/mol. The van der Waals surface area contributed by atoms with E-state index in [-0.39, 0.29) is 5.57 Å². The Kier molecular flexibility index (Phi) is 4.01. The summed E-state index contributed by atoms with van der Waals surface area (Å²) >= 11 is 0. The number of carboxylic acid groups (broad SMARTS) is 1. The van der Waals surface area contributed by atoms with E-state index in [0.29, 0.717) is 11.3 Å². The Balaban J connectivity index is 2.86. The maximum atomic E-state index is 11.4. The number of carbonyl (C=O) groups excluding carboxylic acids is 1. The maximum Gasteiger partial charge on any atom is 0.331 e. The third-order valence-corrected chi connectivity index (χ3v) is 1.99. The summed E-state index contributed by atoms with van der Waals surface area (Å²) in [5.74, 6) is -1.73. The van der Waals surface area contributed by atoms with E-state index in [1.807, 2.05) is 6.07 Å². The monoisotopic (exact) mass is 230 g/mol. The number of anilines is 1. The van der Waals surface area contributed by atoms with Gasteiger partial charge < -0.3 is 10.4 Å². The Morgan fingerprint density at radius 1 is 1.41 bits per heavy atom. The molecule has 0 heterocycles. The molecule has 0 saturated carbocycles. The van der Waals surface area contributed by atoms with Crippen molar-refractivity contribution in [2.75, 3.05) is 5.32 Å². The van der Waals surface area contributed by atoms with Crippen LogP contribution in [0.4, 0.5) is 5.69 Å². The molecule has 5 heteroatoms. The van der Waals surface area contributed by atoms with E-state index in [1.165, 1.54) is 6.92 Å². The van der Waals surface area contributed by atoms with Crippen LogP contribution in [0.15, 0.2) is 35.9 Å². The number of rotatable bonds is 3. The molecule has 0 unspecified atom stereocenters. The minimum Gasteiger partial charge on any atom is -0.478 e. The number of nitrogens with one attached hydrogen (secondary N) is 1. The Morgan fingerprint density at radius 3 is 2.65 bits per heavy atom. The molecule has 1 amide bonds. The molecule has 0 saturated heterocycles. The van der Waals surface area contributed by atoms with Crippen LogP contribution < -0.4 is 5.32 Å². The van der Waals surface area contributed by atoms with E-state index >= 15 is 0 Å². The molecule has 0 aliphatic carbocycles. The van der Waals surface area contributed by atoms with Gasteiger partial charge in [-0.15, -0.1) is 0 Å². The van der Waals surface area contributed by atoms with Crippen molar-refractivity contribution in [3.63, 3.8) is 0 Å². The summed E-state index contributed by atoms with van der Waals surface area (Å²) in [6, 6.07) is 8.40. The fourth-order valence-corrected chi connectivity index (χ4v) is 1.12. The molecule has 0 aliphatic heterocycles. The van der Waals surface area contributed by atoms with E-state index in [0.717, 1.165) is 6.08 Å². The van der Waals surface area contributed by atoms with Crippen LogP contribution in [0.2, 0.25) is 0 Å².